The Bertz CT molecular complexity index is 491. The third-order valence-corrected chi connectivity index (χ3v) is 3.76. The van der Waals surface area contributed by atoms with Crippen LogP contribution in [0.3, 0.4) is 0 Å². The first-order chi connectivity index (χ1) is 7.74. The van der Waals surface area contributed by atoms with Crippen molar-refractivity contribution in [1.82, 2.24) is 0 Å². The van der Waals surface area contributed by atoms with E-state index in [1.807, 2.05) is 18.2 Å². The van der Waals surface area contributed by atoms with Crippen LogP contribution in [-0.4, -0.2) is 11.9 Å². The van der Waals surface area contributed by atoms with Gasteiger partial charge in [-0.25, -0.2) is 0 Å². The first kappa shape index (κ1) is 10.3. The fourth-order valence-electron chi connectivity index (χ4n) is 2.28. The number of benzene rings is 1. The lowest BCUT2D eigenvalue weighted by atomic mass is 9.87. The Hall–Kier alpha value is -0.840. The van der Waals surface area contributed by atoms with Crippen LogP contribution in [0.1, 0.15) is 24.8 Å². The van der Waals surface area contributed by atoms with Crippen molar-refractivity contribution in [2.45, 2.75) is 25.4 Å². The first-order valence-corrected chi connectivity index (χ1v) is 6.53. The predicted molar refractivity (Wildman–Crippen MR) is 70.4 cm³/mol. The number of fused-ring (bicyclic) bond motifs is 2. The molecule has 0 saturated heterocycles. The summed E-state index contributed by atoms with van der Waals surface area (Å²) in [5.41, 5.74) is 1.90. The van der Waals surface area contributed by atoms with E-state index in [1.54, 1.807) is 0 Å². The van der Waals surface area contributed by atoms with E-state index < -0.39 is 0 Å². The Labute approximate surface area is 108 Å². The predicted octanol–water partition coefficient (Wildman–Crippen LogP) is 3.19. The molecular formula is C13H11IO2. The van der Waals surface area contributed by atoms with Crippen LogP contribution in [0.25, 0.3) is 6.08 Å². The fraction of sp³-hybridized carbons (Fsp3) is 0.308. The number of ether oxygens (including phenoxy) is 1. The Morgan fingerprint density at radius 3 is 3.12 bits per heavy atom. The smallest absolute Gasteiger partial charge is 0.162 e. The van der Waals surface area contributed by atoms with E-state index in [4.69, 9.17) is 4.74 Å². The maximum atomic E-state index is 11.8. The molecular weight excluding hydrogens is 315 g/mol. The number of rotatable bonds is 0. The number of hydrogen-bond donors (Lipinski definition) is 0. The van der Waals surface area contributed by atoms with Crippen molar-refractivity contribution in [2.75, 3.05) is 0 Å². The number of halogens is 1. The highest BCUT2D eigenvalue weighted by atomic mass is 127. The van der Waals surface area contributed by atoms with Crippen molar-refractivity contribution in [3.63, 3.8) is 0 Å². The molecule has 1 aliphatic carbocycles. The van der Waals surface area contributed by atoms with Gasteiger partial charge in [0, 0.05) is 21.1 Å². The SMILES string of the molecule is O=C1CCCC2Oc3ccc(I)cc3C=C12. The fourth-order valence-corrected chi connectivity index (χ4v) is 2.80. The van der Waals surface area contributed by atoms with Crippen molar-refractivity contribution in [3.8, 4) is 5.75 Å². The van der Waals surface area contributed by atoms with Gasteiger partial charge in [-0.15, -0.1) is 0 Å². The van der Waals surface area contributed by atoms with Crippen molar-refractivity contribution < 1.29 is 9.53 Å². The summed E-state index contributed by atoms with van der Waals surface area (Å²) in [5.74, 6) is 1.16. The minimum atomic E-state index is -0.00573. The van der Waals surface area contributed by atoms with E-state index in [0.29, 0.717) is 6.42 Å². The van der Waals surface area contributed by atoms with E-state index in [-0.39, 0.29) is 11.9 Å². The highest BCUT2D eigenvalue weighted by molar-refractivity contribution is 14.1. The second-order valence-electron chi connectivity index (χ2n) is 4.20. The monoisotopic (exact) mass is 326 g/mol. The minimum absolute atomic E-state index is 0.00573. The molecule has 82 valence electrons. The summed E-state index contributed by atoms with van der Waals surface area (Å²) in [6, 6.07) is 6.08. The molecule has 0 radical (unpaired) electrons. The summed E-state index contributed by atoms with van der Waals surface area (Å²) in [6.07, 6.45) is 4.58. The van der Waals surface area contributed by atoms with E-state index in [0.717, 1.165) is 29.7 Å². The number of carbonyl (C=O) groups is 1. The van der Waals surface area contributed by atoms with Gasteiger partial charge in [0.05, 0.1) is 0 Å². The van der Waals surface area contributed by atoms with E-state index in [9.17, 15) is 4.79 Å². The van der Waals surface area contributed by atoms with Gasteiger partial charge in [0.1, 0.15) is 11.9 Å². The van der Waals surface area contributed by atoms with E-state index >= 15 is 0 Å². The Morgan fingerprint density at radius 1 is 1.38 bits per heavy atom. The largest absolute Gasteiger partial charge is 0.485 e. The van der Waals surface area contributed by atoms with Crippen LogP contribution in [-0.2, 0) is 4.79 Å². The van der Waals surface area contributed by atoms with Crippen LogP contribution in [0.5, 0.6) is 5.75 Å². The third-order valence-electron chi connectivity index (χ3n) is 3.09. The quantitative estimate of drug-likeness (QED) is 0.685. The molecule has 1 saturated carbocycles. The average molecular weight is 326 g/mol. The molecule has 0 N–H and O–H groups in total. The topological polar surface area (TPSA) is 26.3 Å². The number of carbonyl (C=O) groups excluding carboxylic acids is 1. The normalized spacial score (nSPS) is 22.9. The molecule has 3 heteroatoms. The Balaban J connectivity index is 2.09. The number of ketones is 1. The second kappa shape index (κ2) is 3.87. The van der Waals surface area contributed by atoms with Crippen LogP contribution in [0, 0.1) is 3.57 Å². The summed E-state index contributed by atoms with van der Waals surface area (Å²) < 4.78 is 7.03. The van der Waals surface area contributed by atoms with Crippen molar-refractivity contribution in [1.29, 1.82) is 0 Å². The highest BCUT2D eigenvalue weighted by Crippen LogP contribution is 2.35. The molecule has 1 unspecified atom stereocenters. The molecule has 1 aromatic rings. The Morgan fingerprint density at radius 2 is 2.25 bits per heavy atom. The number of hydrogen-bond acceptors (Lipinski definition) is 2. The molecule has 1 atom stereocenters. The summed E-state index contributed by atoms with van der Waals surface area (Å²) in [4.78, 5) is 11.8. The zero-order chi connectivity index (χ0) is 11.1. The number of Topliss-reactive ketones (excluding diaryl/α,β-unsaturated/α-hetero) is 1. The van der Waals surface area contributed by atoms with Gasteiger partial charge in [0.15, 0.2) is 5.78 Å². The molecule has 3 rings (SSSR count). The standard InChI is InChI=1S/C13H11IO2/c14-9-4-5-12-8(6-9)7-10-11(15)2-1-3-13(10)16-12/h4-7,13H,1-3H2. The molecule has 1 heterocycles. The first-order valence-electron chi connectivity index (χ1n) is 5.45. The zero-order valence-electron chi connectivity index (χ0n) is 8.70. The molecule has 0 amide bonds. The average Bonchev–Trinajstić information content (AvgIpc) is 2.28. The minimum Gasteiger partial charge on any atom is -0.485 e. The van der Waals surface area contributed by atoms with Crippen LogP contribution < -0.4 is 4.74 Å². The lowest BCUT2D eigenvalue weighted by Crippen LogP contribution is -2.31. The van der Waals surface area contributed by atoms with Gasteiger partial charge < -0.3 is 4.74 Å². The van der Waals surface area contributed by atoms with Crippen molar-refractivity contribution >= 4 is 34.5 Å². The molecule has 0 aromatic heterocycles. The van der Waals surface area contributed by atoms with Crippen LogP contribution in [0.4, 0.5) is 0 Å². The summed E-state index contributed by atoms with van der Waals surface area (Å²) in [7, 11) is 0. The Kier molecular flexibility index (Phi) is 2.50. The molecule has 0 bridgehead atoms. The van der Waals surface area contributed by atoms with Gasteiger partial charge in [-0.2, -0.15) is 0 Å². The summed E-state index contributed by atoms with van der Waals surface area (Å²) >= 11 is 2.27. The second-order valence-corrected chi connectivity index (χ2v) is 5.45. The molecule has 2 aliphatic rings. The van der Waals surface area contributed by atoms with Crippen LogP contribution in [0.2, 0.25) is 0 Å². The van der Waals surface area contributed by atoms with Crippen molar-refractivity contribution in [3.05, 3.63) is 32.9 Å². The molecule has 16 heavy (non-hydrogen) atoms. The van der Waals surface area contributed by atoms with Gasteiger partial charge in [-0.05, 0) is 59.7 Å². The van der Waals surface area contributed by atoms with Gasteiger partial charge >= 0.3 is 0 Å². The van der Waals surface area contributed by atoms with Gasteiger partial charge in [0.25, 0.3) is 0 Å². The van der Waals surface area contributed by atoms with E-state index in [2.05, 4.69) is 28.7 Å². The van der Waals surface area contributed by atoms with Crippen LogP contribution >= 0.6 is 22.6 Å². The highest BCUT2D eigenvalue weighted by Gasteiger charge is 2.30. The third kappa shape index (κ3) is 1.67. The molecule has 1 aromatic carbocycles. The summed E-state index contributed by atoms with van der Waals surface area (Å²) in [6.45, 7) is 0. The van der Waals surface area contributed by atoms with Crippen LogP contribution in [0.15, 0.2) is 23.8 Å². The molecule has 1 aliphatic heterocycles. The summed E-state index contributed by atoms with van der Waals surface area (Å²) in [5, 5.41) is 0. The molecule has 0 spiro atoms. The lowest BCUT2D eigenvalue weighted by molar-refractivity contribution is -0.117. The van der Waals surface area contributed by atoms with Gasteiger partial charge in [0.2, 0.25) is 0 Å². The van der Waals surface area contributed by atoms with Gasteiger partial charge in [-0.3, -0.25) is 4.79 Å². The maximum Gasteiger partial charge on any atom is 0.162 e. The van der Waals surface area contributed by atoms with Crippen molar-refractivity contribution in [2.24, 2.45) is 0 Å². The lowest BCUT2D eigenvalue weighted by Gasteiger charge is -2.29. The molecule has 1 fully saturated rings. The maximum absolute atomic E-state index is 11.8. The van der Waals surface area contributed by atoms with E-state index in [1.165, 1.54) is 3.57 Å². The molecule has 2 nitrogen and oxygen atoms in total. The van der Waals surface area contributed by atoms with Gasteiger partial charge in [-0.1, -0.05) is 0 Å². The zero-order valence-corrected chi connectivity index (χ0v) is 10.9.